The molecule has 2 nitrogen and oxygen atoms in total. The van der Waals surface area contributed by atoms with E-state index in [1.807, 2.05) is 0 Å². The molecule has 4 heteroatoms. The van der Waals surface area contributed by atoms with Crippen LogP contribution < -0.4 is 5.73 Å². The first kappa shape index (κ1) is 9.29. The first-order valence-electron chi connectivity index (χ1n) is 3.44. The van der Waals surface area contributed by atoms with E-state index in [4.69, 9.17) is 17.3 Å². The molecule has 1 rings (SSSR count). The zero-order valence-corrected chi connectivity index (χ0v) is 7.32. The number of phenols is 1. The molecule has 66 valence electrons. The minimum Gasteiger partial charge on any atom is -0.505 e. The molecule has 0 spiro atoms. The van der Waals surface area contributed by atoms with Gasteiger partial charge in [-0.2, -0.15) is 0 Å². The average Bonchev–Trinajstić information content (AvgIpc) is 2.02. The highest BCUT2D eigenvalue weighted by Crippen LogP contribution is 2.29. The van der Waals surface area contributed by atoms with Crippen molar-refractivity contribution in [1.29, 1.82) is 0 Å². The SMILES string of the molecule is Cc1c(Cl)cc(F)c(O)c1CN. The molecule has 12 heavy (non-hydrogen) atoms. The van der Waals surface area contributed by atoms with Crippen LogP contribution in [-0.4, -0.2) is 5.11 Å². The van der Waals surface area contributed by atoms with Crippen molar-refractivity contribution in [3.05, 3.63) is 28.0 Å². The molecule has 0 unspecified atom stereocenters. The number of nitrogens with two attached hydrogens (primary N) is 1. The van der Waals surface area contributed by atoms with Gasteiger partial charge in [0.05, 0.1) is 0 Å². The van der Waals surface area contributed by atoms with Gasteiger partial charge >= 0.3 is 0 Å². The first-order chi connectivity index (χ1) is 5.57. The first-order valence-corrected chi connectivity index (χ1v) is 3.82. The van der Waals surface area contributed by atoms with Crippen LogP contribution in [0, 0.1) is 12.7 Å². The number of aromatic hydroxyl groups is 1. The van der Waals surface area contributed by atoms with Crippen LogP contribution in [0.5, 0.6) is 5.75 Å². The Morgan fingerprint density at radius 2 is 2.25 bits per heavy atom. The monoisotopic (exact) mass is 189 g/mol. The third-order valence-electron chi connectivity index (χ3n) is 1.78. The molecule has 0 aliphatic rings. The fourth-order valence-corrected chi connectivity index (χ4v) is 1.21. The maximum atomic E-state index is 12.8. The van der Waals surface area contributed by atoms with Crippen molar-refractivity contribution in [1.82, 2.24) is 0 Å². The lowest BCUT2D eigenvalue weighted by molar-refractivity contribution is 0.425. The molecular weight excluding hydrogens is 181 g/mol. The van der Waals surface area contributed by atoms with Gasteiger partial charge in [0.25, 0.3) is 0 Å². The summed E-state index contributed by atoms with van der Waals surface area (Å²) in [6.45, 7) is 1.76. The molecule has 0 bridgehead atoms. The summed E-state index contributed by atoms with van der Waals surface area (Å²) in [5, 5.41) is 9.47. The standard InChI is InChI=1S/C8H9ClFNO/c1-4-5(3-11)8(12)7(10)2-6(4)9/h2,12H,3,11H2,1H3. The molecule has 0 aromatic heterocycles. The minimum absolute atomic E-state index is 0.0785. The van der Waals surface area contributed by atoms with Crippen molar-refractivity contribution in [3.8, 4) is 5.75 Å². The fraction of sp³-hybridized carbons (Fsp3) is 0.250. The molecule has 1 aromatic carbocycles. The van der Waals surface area contributed by atoms with Crippen LogP contribution in [0.1, 0.15) is 11.1 Å². The van der Waals surface area contributed by atoms with Crippen molar-refractivity contribution in [2.45, 2.75) is 13.5 Å². The lowest BCUT2D eigenvalue weighted by Gasteiger charge is -2.08. The van der Waals surface area contributed by atoms with E-state index >= 15 is 0 Å². The van der Waals surface area contributed by atoms with Crippen LogP contribution in [0.25, 0.3) is 0 Å². The Balaban J connectivity index is 3.42. The molecule has 1 aromatic rings. The van der Waals surface area contributed by atoms with E-state index < -0.39 is 11.6 Å². The molecule has 0 saturated carbocycles. The zero-order chi connectivity index (χ0) is 9.30. The molecule has 0 fully saturated rings. The molecular formula is C8H9ClFNO. The van der Waals surface area contributed by atoms with Gasteiger partial charge in [0.1, 0.15) is 0 Å². The van der Waals surface area contributed by atoms with E-state index in [-0.39, 0.29) is 11.6 Å². The molecule has 0 aliphatic heterocycles. The Hall–Kier alpha value is -0.800. The van der Waals surface area contributed by atoms with Gasteiger partial charge < -0.3 is 10.8 Å². The summed E-state index contributed by atoms with van der Waals surface area (Å²) < 4.78 is 12.8. The van der Waals surface area contributed by atoms with E-state index in [1.54, 1.807) is 6.92 Å². The zero-order valence-electron chi connectivity index (χ0n) is 6.56. The average molecular weight is 190 g/mol. The second-order valence-electron chi connectivity index (χ2n) is 2.50. The summed E-state index contributed by atoms with van der Waals surface area (Å²) in [6, 6.07) is 1.07. The van der Waals surface area contributed by atoms with Crippen LogP contribution in [0.4, 0.5) is 4.39 Å². The quantitative estimate of drug-likeness (QED) is 0.710. The van der Waals surface area contributed by atoms with Gasteiger partial charge in [0.15, 0.2) is 11.6 Å². The Morgan fingerprint density at radius 1 is 1.67 bits per heavy atom. The fourth-order valence-electron chi connectivity index (χ4n) is 1.00. The van der Waals surface area contributed by atoms with Gasteiger partial charge in [-0.15, -0.1) is 0 Å². The van der Waals surface area contributed by atoms with Crippen LogP contribution in [0.2, 0.25) is 5.02 Å². The van der Waals surface area contributed by atoms with E-state index in [0.717, 1.165) is 6.07 Å². The lowest BCUT2D eigenvalue weighted by Crippen LogP contribution is -2.01. The second-order valence-corrected chi connectivity index (χ2v) is 2.90. The predicted molar refractivity (Wildman–Crippen MR) is 45.7 cm³/mol. The number of hydrogen-bond donors (Lipinski definition) is 2. The smallest absolute Gasteiger partial charge is 0.166 e. The van der Waals surface area contributed by atoms with Crippen molar-refractivity contribution < 1.29 is 9.50 Å². The van der Waals surface area contributed by atoms with Crippen LogP contribution in [0.3, 0.4) is 0 Å². The van der Waals surface area contributed by atoms with E-state index in [1.165, 1.54) is 0 Å². The summed E-state index contributed by atoms with van der Waals surface area (Å²) in [4.78, 5) is 0. The molecule has 0 saturated heterocycles. The predicted octanol–water partition coefficient (Wildman–Crippen LogP) is 1.95. The van der Waals surface area contributed by atoms with Gasteiger partial charge in [-0.25, -0.2) is 4.39 Å². The van der Waals surface area contributed by atoms with E-state index in [0.29, 0.717) is 11.1 Å². The number of phenolic OH excluding ortho intramolecular Hbond substituents is 1. The molecule has 0 amide bonds. The highest BCUT2D eigenvalue weighted by atomic mass is 35.5. The Bertz CT molecular complexity index is 288. The Labute approximate surface area is 74.8 Å². The van der Waals surface area contributed by atoms with Crippen LogP contribution in [-0.2, 0) is 6.54 Å². The van der Waals surface area contributed by atoms with Crippen molar-refractivity contribution >= 4 is 11.6 Å². The molecule has 0 atom stereocenters. The minimum atomic E-state index is -0.731. The highest BCUT2D eigenvalue weighted by Gasteiger charge is 2.11. The molecule has 0 radical (unpaired) electrons. The number of hydrogen-bond acceptors (Lipinski definition) is 2. The largest absolute Gasteiger partial charge is 0.505 e. The van der Waals surface area contributed by atoms with Crippen molar-refractivity contribution in [2.24, 2.45) is 5.73 Å². The maximum absolute atomic E-state index is 12.8. The van der Waals surface area contributed by atoms with Crippen LogP contribution in [0.15, 0.2) is 6.07 Å². The normalized spacial score (nSPS) is 10.3. The third-order valence-corrected chi connectivity index (χ3v) is 2.17. The summed E-state index contributed by atoms with van der Waals surface area (Å²) in [6.07, 6.45) is 0. The number of benzene rings is 1. The Morgan fingerprint density at radius 3 is 2.75 bits per heavy atom. The summed E-state index contributed by atoms with van der Waals surface area (Å²) in [7, 11) is 0. The summed E-state index contributed by atoms with van der Waals surface area (Å²) in [5.41, 5.74) is 6.29. The van der Waals surface area contributed by atoms with E-state index in [2.05, 4.69) is 0 Å². The van der Waals surface area contributed by atoms with E-state index in [9.17, 15) is 9.50 Å². The molecule has 3 N–H and O–H groups in total. The Kier molecular flexibility index (Phi) is 2.55. The van der Waals surface area contributed by atoms with Gasteiger partial charge in [0, 0.05) is 17.1 Å². The number of rotatable bonds is 1. The topological polar surface area (TPSA) is 46.2 Å². The van der Waals surface area contributed by atoms with Crippen molar-refractivity contribution in [2.75, 3.05) is 0 Å². The van der Waals surface area contributed by atoms with Gasteiger partial charge in [-0.1, -0.05) is 11.6 Å². The van der Waals surface area contributed by atoms with Crippen LogP contribution >= 0.6 is 11.6 Å². The van der Waals surface area contributed by atoms with Crippen molar-refractivity contribution in [3.63, 3.8) is 0 Å². The highest BCUT2D eigenvalue weighted by molar-refractivity contribution is 6.31. The maximum Gasteiger partial charge on any atom is 0.166 e. The van der Waals surface area contributed by atoms with Gasteiger partial charge in [-0.3, -0.25) is 0 Å². The molecule has 0 aliphatic carbocycles. The molecule has 0 heterocycles. The third kappa shape index (κ3) is 1.38. The van der Waals surface area contributed by atoms with Gasteiger partial charge in [-0.05, 0) is 18.6 Å². The lowest BCUT2D eigenvalue weighted by atomic mass is 10.1. The summed E-state index contributed by atoms with van der Waals surface area (Å²) >= 11 is 5.66. The number of halogens is 2. The summed E-state index contributed by atoms with van der Waals surface area (Å²) in [5.74, 6) is -1.13. The second kappa shape index (κ2) is 3.29. The van der Waals surface area contributed by atoms with Gasteiger partial charge in [0.2, 0.25) is 0 Å².